The molecular weight excluding hydrogens is 271 g/mol. The zero-order valence-electron chi connectivity index (χ0n) is 12.0. The number of rotatable bonds is 6. The van der Waals surface area contributed by atoms with Crippen LogP contribution in [0, 0.1) is 5.82 Å². The molecule has 0 radical (unpaired) electrons. The van der Waals surface area contributed by atoms with Gasteiger partial charge in [0.1, 0.15) is 5.82 Å². The normalized spacial score (nSPS) is 12.4. The van der Waals surface area contributed by atoms with Crippen molar-refractivity contribution in [1.29, 1.82) is 0 Å². The Hall–Kier alpha value is -1.39. The Morgan fingerprint density at radius 2 is 2.10 bits per heavy atom. The van der Waals surface area contributed by atoms with Crippen LogP contribution in [0.15, 0.2) is 35.7 Å². The molecule has 0 aliphatic rings. The van der Waals surface area contributed by atoms with Crippen LogP contribution in [0.2, 0.25) is 0 Å². The number of benzene rings is 1. The van der Waals surface area contributed by atoms with Crippen molar-refractivity contribution < 1.29 is 4.39 Å². The first-order valence-electron chi connectivity index (χ1n) is 6.84. The number of nitrogens with two attached hydrogens (primary N) is 1. The summed E-state index contributed by atoms with van der Waals surface area (Å²) >= 11 is 1.76. The van der Waals surface area contributed by atoms with Crippen LogP contribution >= 0.6 is 11.3 Å². The van der Waals surface area contributed by atoms with Crippen molar-refractivity contribution in [2.75, 3.05) is 18.5 Å². The van der Waals surface area contributed by atoms with Gasteiger partial charge in [-0.1, -0.05) is 12.1 Å². The van der Waals surface area contributed by atoms with E-state index in [1.54, 1.807) is 17.4 Å². The summed E-state index contributed by atoms with van der Waals surface area (Å²) in [6.07, 6.45) is 1.54. The molecule has 1 aromatic carbocycles. The fourth-order valence-electron chi connectivity index (χ4n) is 2.28. The fraction of sp³-hybridized carbons (Fsp3) is 0.375. The van der Waals surface area contributed by atoms with Gasteiger partial charge in [-0.25, -0.2) is 4.39 Å². The van der Waals surface area contributed by atoms with Gasteiger partial charge in [-0.15, -0.1) is 11.3 Å². The van der Waals surface area contributed by atoms with Crippen LogP contribution in [0.5, 0.6) is 0 Å². The maximum absolute atomic E-state index is 14.0. The van der Waals surface area contributed by atoms with E-state index in [4.69, 9.17) is 5.73 Å². The summed E-state index contributed by atoms with van der Waals surface area (Å²) in [5.41, 5.74) is 7.49. The highest BCUT2D eigenvalue weighted by molar-refractivity contribution is 7.09. The van der Waals surface area contributed by atoms with Gasteiger partial charge in [0.25, 0.3) is 0 Å². The number of anilines is 1. The summed E-state index contributed by atoms with van der Waals surface area (Å²) in [5, 5.41) is 2.08. The highest BCUT2D eigenvalue weighted by Gasteiger charge is 2.13. The Morgan fingerprint density at radius 1 is 1.30 bits per heavy atom. The average Bonchev–Trinajstić information content (AvgIpc) is 2.91. The smallest absolute Gasteiger partial charge is 0.128 e. The molecule has 0 saturated carbocycles. The zero-order chi connectivity index (χ0) is 14.5. The molecule has 2 rings (SSSR count). The van der Waals surface area contributed by atoms with Gasteiger partial charge in [0.05, 0.1) is 0 Å². The van der Waals surface area contributed by atoms with E-state index in [1.807, 2.05) is 20.0 Å². The van der Waals surface area contributed by atoms with Crippen molar-refractivity contribution in [1.82, 2.24) is 0 Å². The van der Waals surface area contributed by atoms with Gasteiger partial charge in [-0.05, 0) is 43.3 Å². The predicted octanol–water partition coefficient (Wildman–Crippen LogP) is 3.46. The highest BCUT2D eigenvalue weighted by atomic mass is 32.1. The first-order chi connectivity index (χ1) is 9.58. The molecule has 0 aliphatic heterocycles. The second-order valence-electron chi connectivity index (χ2n) is 5.17. The monoisotopic (exact) mass is 292 g/mol. The summed E-state index contributed by atoms with van der Waals surface area (Å²) < 4.78 is 14.0. The second kappa shape index (κ2) is 6.86. The lowest BCUT2D eigenvalue weighted by Crippen LogP contribution is -2.25. The zero-order valence-corrected chi connectivity index (χ0v) is 12.8. The SMILES string of the molecule is CC(N)Cc1c(F)cccc1N(C)CCc1cccs1. The molecule has 2 nitrogen and oxygen atoms in total. The molecule has 1 atom stereocenters. The van der Waals surface area contributed by atoms with Gasteiger partial charge < -0.3 is 10.6 Å². The number of thiophene rings is 1. The minimum absolute atomic E-state index is 0.0451. The average molecular weight is 292 g/mol. The summed E-state index contributed by atoms with van der Waals surface area (Å²) in [4.78, 5) is 3.46. The van der Waals surface area contributed by atoms with Gasteiger partial charge in [-0.3, -0.25) is 0 Å². The van der Waals surface area contributed by atoms with Gasteiger partial charge in [0.2, 0.25) is 0 Å². The van der Waals surface area contributed by atoms with Gasteiger partial charge >= 0.3 is 0 Å². The Morgan fingerprint density at radius 3 is 2.75 bits per heavy atom. The minimum atomic E-state index is -0.164. The van der Waals surface area contributed by atoms with Crippen molar-refractivity contribution >= 4 is 17.0 Å². The van der Waals surface area contributed by atoms with Gasteiger partial charge in [0, 0.05) is 35.8 Å². The largest absolute Gasteiger partial charge is 0.374 e. The van der Waals surface area contributed by atoms with Crippen molar-refractivity contribution in [2.45, 2.75) is 25.8 Å². The standard InChI is InChI=1S/C16H21FN2S/c1-12(18)11-14-15(17)6-3-7-16(14)19(2)9-8-13-5-4-10-20-13/h3-7,10,12H,8-9,11,18H2,1-2H3. The topological polar surface area (TPSA) is 29.3 Å². The van der Waals surface area contributed by atoms with Gasteiger partial charge in [-0.2, -0.15) is 0 Å². The molecule has 0 bridgehead atoms. The number of hydrogen-bond donors (Lipinski definition) is 1. The van der Waals surface area contributed by atoms with Crippen LogP contribution in [0.1, 0.15) is 17.4 Å². The van der Waals surface area contributed by atoms with E-state index in [0.717, 1.165) is 24.2 Å². The predicted molar refractivity (Wildman–Crippen MR) is 85.0 cm³/mol. The maximum atomic E-state index is 14.0. The molecule has 1 unspecified atom stereocenters. The third-order valence-electron chi connectivity index (χ3n) is 3.31. The first kappa shape index (κ1) is 15.0. The molecule has 1 heterocycles. The van der Waals surface area contributed by atoms with E-state index < -0.39 is 0 Å². The van der Waals surface area contributed by atoms with Crippen LogP contribution in [-0.2, 0) is 12.8 Å². The molecule has 2 aromatic rings. The third-order valence-corrected chi connectivity index (χ3v) is 4.24. The van der Waals surface area contributed by atoms with Crippen molar-refractivity contribution in [3.63, 3.8) is 0 Å². The molecule has 108 valence electrons. The maximum Gasteiger partial charge on any atom is 0.128 e. The number of likely N-dealkylation sites (N-methyl/N-ethyl adjacent to an activating group) is 1. The van der Waals surface area contributed by atoms with E-state index in [-0.39, 0.29) is 11.9 Å². The molecule has 1 aromatic heterocycles. The lowest BCUT2D eigenvalue weighted by atomic mass is 10.0. The summed E-state index contributed by atoms with van der Waals surface area (Å²) in [6, 6.07) is 9.38. The van der Waals surface area contributed by atoms with E-state index in [9.17, 15) is 4.39 Å². The summed E-state index contributed by atoms with van der Waals surface area (Å²) in [7, 11) is 2.01. The minimum Gasteiger partial charge on any atom is -0.374 e. The van der Waals surface area contributed by atoms with E-state index in [2.05, 4.69) is 22.4 Å². The molecule has 20 heavy (non-hydrogen) atoms. The number of hydrogen-bond acceptors (Lipinski definition) is 3. The van der Waals surface area contributed by atoms with E-state index in [0.29, 0.717) is 6.42 Å². The molecule has 0 spiro atoms. The molecule has 2 N–H and O–H groups in total. The lowest BCUT2D eigenvalue weighted by molar-refractivity contribution is 0.595. The Kier molecular flexibility index (Phi) is 5.15. The van der Waals surface area contributed by atoms with E-state index in [1.165, 1.54) is 10.9 Å². The second-order valence-corrected chi connectivity index (χ2v) is 6.20. The first-order valence-corrected chi connectivity index (χ1v) is 7.72. The van der Waals surface area contributed by atoms with Gasteiger partial charge in [0.15, 0.2) is 0 Å². The van der Waals surface area contributed by atoms with Crippen molar-refractivity contribution in [3.8, 4) is 0 Å². The third kappa shape index (κ3) is 3.81. The quantitative estimate of drug-likeness (QED) is 0.883. The van der Waals surface area contributed by atoms with E-state index >= 15 is 0 Å². The van der Waals surface area contributed by atoms with Crippen molar-refractivity contribution in [3.05, 3.63) is 52.0 Å². The molecule has 0 fully saturated rings. The Balaban J connectivity index is 2.12. The summed E-state index contributed by atoms with van der Waals surface area (Å²) in [5.74, 6) is -0.164. The van der Waals surface area contributed by atoms with Crippen LogP contribution in [0.3, 0.4) is 0 Å². The molecule has 0 aliphatic carbocycles. The highest BCUT2D eigenvalue weighted by Crippen LogP contribution is 2.24. The van der Waals surface area contributed by atoms with Crippen LogP contribution in [-0.4, -0.2) is 19.6 Å². The number of nitrogens with zero attached hydrogens (tertiary/aromatic N) is 1. The molecular formula is C16H21FN2S. The lowest BCUT2D eigenvalue weighted by Gasteiger charge is -2.23. The fourth-order valence-corrected chi connectivity index (χ4v) is 2.98. The van der Waals surface area contributed by atoms with Crippen LogP contribution in [0.4, 0.5) is 10.1 Å². The van der Waals surface area contributed by atoms with Crippen LogP contribution in [0.25, 0.3) is 0 Å². The molecule has 0 amide bonds. The Bertz CT molecular complexity index is 537. The molecule has 0 saturated heterocycles. The number of halogens is 1. The van der Waals surface area contributed by atoms with Crippen molar-refractivity contribution in [2.24, 2.45) is 5.73 Å². The summed E-state index contributed by atoms with van der Waals surface area (Å²) in [6.45, 7) is 2.78. The molecule has 4 heteroatoms. The van der Waals surface area contributed by atoms with Crippen LogP contribution < -0.4 is 10.6 Å². The Labute approximate surface area is 124 Å².